The van der Waals surface area contributed by atoms with Crippen molar-refractivity contribution in [2.24, 2.45) is 0 Å². The molecule has 17 heavy (non-hydrogen) atoms. The van der Waals surface area contributed by atoms with Crippen molar-refractivity contribution in [1.82, 2.24) is 0 Å². The molecule has 3 heteroatoms. The molecule has 0 aliphatic heterocycles. The number of ether oxygens (including phenoxy) is 1. The van der Waals surface area contributed by atoms with Crippen molar-refractivity contribution >= 4 is 17.3 Å². The van der Waals surface area contributed by atoms with E-state index < -0.39 is 0 Å². The van der Waals surface area contributed by atoms with E-state index in [0.717, 1.165) is 28.4 Å². The van der Waals surface area contributed by atoms with Crippen LogP contribution in [0.4, 0.5) is 5.69 Å². The van der Waals surface area contributed by atoms with Crippen molar-refractivity contribution in [3.63, 3.8) is 0 Å². The Morgan fingerprint density at radius 3 is 2.41 bits per heavy atom. The van der Waals surface area contributed by atoms with Gasteiger partial charge in [0.1, 0.15) is 5.75 Å². The van der Waals surface area contributed by atoms with Gasteiger partial charge in [-0.05, 0) is 35.7 Å². The van der Waals surface area contributed by atoms with Crippen LogP contribution >= 0.6 is 11.6 Å². The largest absolute Gasteiger partial charge is 0.497 e. The van der Waals surface area contributed by atoms with E-state index in [4.69, 9.17) is 22.1 Å². The van der Waals surface area contributed by atoms with Crippen molar-refractivity contribution in [1.29, 1.82) is 0 Å². The zero-order valence-corrected chi connectivity index (χ0v) is 10.4. The Bertz CT molecular complexity index is 508. The Kier molecular flexibility index (Phi) is 3.55. The lowest BCUT2D eigenvalue weighted by Gasteiger charge is -2.08. The Morgan fingerprint density at radius 2 is 1.82 bits per heavy atom. The highest BCUT2D eigenvalue weighted by molar-refractivity contribution is 6.30. The lowest BCUT2D eigenvalue weighted by molar-refractivity contribution is 0.415. The third-order valence-corrected chi connectivity index (χ3v) is 2.91. The number of hydrogen-bond acceptors (Lipinski definition) is 2. The highest BCUT2D eigenvalue weighted by Gasteiger charge is 2.02. The van der Waals surface area contributed by atoms with Gasteiger partial charge in [0.05, 0.1) is 7.11 Å². The minimum absolute atomic E-state index is 0.747. The highest BCUT2D eigenvalue weighted by atomic mass is 35.5. The van der Waals surface area contributed by atoms with Gasteiger partial charge in [0.25, 0.3) is 0 Å². The van der Waals surface area contributed by atoms with Crippen molar-refractivity contribution in [2.45, 2.75) is 6.42 Å². The molecule has 0 atom stereocenters. The molecule has 2 rings (SSSR count). The molecule has 0 aromatic heterocycles. The van der Waals surface area contributed by atoms with E-state index in [1.165, 1.54) is 5.56 Å². The minimum Gasteiger partial charge on any atom is -0.497 e. The summed E-state index contributed by atoms with van der Waals surface area (Å²) in [4.78, 5) is 0. The fourth-order valence-electron chi connectivity index (χ4n) is 1.68. The standard InChI is InChI=1S/C14H14ClNO/c1-17-13-7-4-11(14(16)9-13)8-10-2-5-12(15)6-3-10/h2-7,9H,8,16H2,1H3. The number of anilines is 1. The van der Waals surface area contributed by atoms with Crippen LogP contribution < -0.4 is 10.5 Å². The fourth-order valence-corrected chi connectivity index (χ4v) is 1.81. The van der Waals surface area contributed by atoms with Gasteiger partial charge in [-0.3, -0.25) is 0 Å². The van der Waals surface area contributed by atoms with Gasteiger partial charge in [0.15, 0.2) is 0 Å². The summed E-state index contributed by atoms with van der Waals surface area (Å²) < 4.78 is 5.12. The molecule has 0 amide bonds. The number of hydrogen-bond donors (Lipinski definition) is 1. The monoisotopic (exact) mass is 247 g/mol. The topological polar surface area (TPSA) is 35.2 Å². The molecule has 2 aromatic carbocycles. The van der Waals surface area contributed by atoms with E-state index in [0.29, 0.717) is 0 Å². The van der Waals surface area contributed by atoms with E-state index in [1.54, 1.807) is 7.11 Å². The van der Waals surface area contributed by atoms with Crippen LogP contribution in [-0.2, 0) is 6.42 Å². The van der Waals surface area contributed by atoms with Crippen LogP contribution in [0, 0.1) is 0 Å². The Morgan fingerprint density at radius 1 is 1.12 bits per heavy atom. The zero-order chi connectivity index (χ0) is 12.3. The predicted molar refractivity (Wildman–Crippen MR) is 71.7 cm³/mol. The molecular weight excluding hydrogens is 234 g/mol. The first-order chi connectivity index (χ1) is 8.19. The number of nitrogen functional groups attached to an aromatic ring is 1. The summed E-state index contributed by atoms with van der Waals surface area (Å²) in [5.41, 5.74) is 9.00. The summed E-state index contributed by atoms with van der Waals surface area (Å²) in [6.45, 7) is 0. The number of benzene rings is 2. The van der Waals surface area contributed by atoms with Crippen LogP contribution in [0.3, 0.4) is 0 Å². The van der Waals surface area contributed by atoms with Gasteiger partial charge in [-0.1, -0.05) is 29.8 Å². The normalized spacial score (nSPS) is 10.2. The Labute approximate surface area is 106 Å². The first-order valence-corrected chi connectivity index (χ1v) is 5.73. The van der Waals surface area contributed by atoms with E-state index in [-0.39, 0.29) is 0 Å². The van der Waals surface area contributed by atoms with Crippen LogP contribution in [-0.4, -0.2) is 7.11 Å². The predicted octanol–water partition coefficient (Wildman–Crippen LogP) is 3.52. The van der Waals surface area contributed by atoms with Crippen molar-refractivity contribution < 1.29 is 4.74 Å². The van der Waals surface area contributed by atoms with Crippen LogP contribution in [0.25, 0.3) is 0 Å². The molecule has 0 saturated heterocycles. The van der Waals surface area contributed by atoms with E-state index in [2.05, 4.69) is 0 Å². The van der Waals surface area contributed by atoms with E-state index >= 15 is 0 Å². The maximum Gasteiger partial charge on any atom is 0.120 e. The number of halogens is 1. The molecule has 88 valence electrons. The van der Waals surface area contributed by atoms with Crippen LogP contribution in [0.5, 0.6) is 5.75 Å². The minimum atomic E-state index is 0.747. The molecular formula is C14H14ClNO. The van der Waals surface area contributed by atoms with E-state index in [1.807, 2.05) is 42.5 Å². The van der Waals surface area contributed by atoms with Crippen molar-refractivity contribution in [3.8, 4) is 5.75 Å². The summed E-state index contributed by atoms with van der Waals surface area (Å²) >= 11 is 5.84. The zero-order valence-electron chi connectivity index (χ0n) is 9.61. The summed E-state index contributed by atoms with van der Waals surface area (Å²) in [7, 11) is 1.63. The van der Waals surface area contributed by atoms with Crippen molar-refractivity contribution in [3.05, 3.63) is 58.6 Å². The first kappa shape index (κ1) is 11.8. The van der Waals surface area contributed by atoms with Crippen LogP contribution in [0.1, 0.15) is 11.1 Å². The van der Waals surface area contributed by atoms with Gasteiger partial charge in [-0.25, -0.2) is 0 Å². The van der Waals surface area contributed by atoms with Gasteiger partial charge < -0.3 is 10.5 Å². The molecule has 0 bridgehead atoms. The smallest absolute Gasteiger partial charge is 0.120 e. The van der Waals surface area contributed by atoms with Gasteiger partial charge in [0.2, 0.25) is 0 Å². The van der Waals surface area contributed by atoms with Crippen LogP contribution in [0.15, 0.2) is 42.5 Å². The van der Waals surface area contributed by atoms with Gasteiger partial charge in [-0.15, -0.1) is 0 Å². The third-order valence-electron chi connectivity index (χ3n) is 2.66. The second kappa shape index (κ2) is 5.11. The number of nitrogens with two attached hydrogens (primary N) is 1. The average molecular weight is 248 g/mol. The van der Waals surface area contributed by atoms with Crippen molar-refractivity contribution in [2.75, 3.05) is 12.8 Å². The molecule has 0 saturated carbocycles. The Balaban J connectivity index is 2.21. The maximum atomic E-state index is 5.97. The summed E-state index contributed by atoms with van der Waals surface area (Å²) in [5.74, 6) is 0.780. The SMILES string of the molecule is COc1ccc(Cc2ccc(Cl)cc2)c(N)c1. The number of methoxy groups -OCH3 is 1. The molecule has 2 aromatic rings. The molecule has 0 unspecified atom stereocenters. The van der Waals surface area contributed by atoms with Gasteiger partial charge in [0, 0.05) is 16.8 Å². The maximum absolute atomic E-state index is 5.97. The van der Waals surface area contributed by atoms with Crippen LogP contribution in [0.2, 0.25) is 5.02 Å². The molecule has 0 heterocycles. The summed E-state index contributed by atoms with van der Waals surface area (Å²) in [6, 6.07) is 13.5. The quantitative estimate of drug-likeness (QED) is 0.843. The highest BCUT2D eigenvalue weighted by Crippen LogP contribution is 2.22. The van der Waals surface area contributed by atoms with Gasteiger partial charge in [-0.2, -0.15) is 0 Å². The lowest BCUT2D eigenvalue weighted by atomic mass is 10.0. The third kappa shape index (κ3) is 2.92. The second-order valence-electron chi connectivity index (χ2n) is 3.87. The molecule has 2 N–H and O–H groups in total. The lowest BCUT2D eigenvalue weighted by Crippen LogP contribution is -1.96. The first-order valence-electron chi connectivity index (χ1n) is 5.36. The summed E-state index contributed by atoms with van der Waals surface area (Å²) in [6.07, 6.45) is 0.799. The molecule has 0 aliphatic carbocycles. The van der Waals surface area contributed by atoms with E-state index in [9.17, 15) is 0 Å². The molecule has 0 aliphatic rings. The molecule has 0 radical (unpaired) electrons. The average Bonchev–Trinajstić information content (AvgIpc) is 2.34. The Hall–Kier alpha value is -1.67. The molecule has 2 nitrogen and oxygen atoms in total. The fraction of sp³-hybridized carbons (Fsp3) is 0.143. The number of rotatable bonds is 3. The van der Waals surface area contributed by atoms with Gasteiger partial charge >= 0.3 is 0 Å². The molecule has 0 fully saturated rings. The second-order valence-corrected chi connectivity index (χ2v) is 4.30. The molecule has 0 spiro atoms. The summed E-state index contributed by atoms with van der Waals surface area (Å²) in [5, 5.41) is 0.747.